The van der Waals surface area contributed by atoms with Crippen molar-refractivity contribution in [3.05, 3.63) is 64.4 Å². The first-order valence-electron chi connectivity index (χ1n) is 8.02. The average Bonchev–Trinajstić information content (AvgIpc) is 2.58. The first-order chi connectivity index (χ1) is 12.2. The Hall–Kier alpha value is -1.67. The maximum atomic E-state index is 13.9. The quantitative estimate of drug-likeness (QED) is 0.681. The van der Waals surface area contributed by atoms with Gasteiger partial charge in [-0.05, 0) is 36.8 Å². The zero-order valence-corrected chi connectivity index (χ0v) is 16.5. The van der Waals surface area contributed by atoms with Crippen LogP contribution in [-0.2, 0) is 16.8 Å². The van der Waals surface area contributed by atoms with E-state index < -0.39 is 16.0 Å². The molecule has 0 saturated carbocycles. The van der Waals surface area contributed by atoms with Crippen LogP contribution in [0.25, 0.3) is 0 Å². The summed E-state index contributed by atoms with van der Waals surface area (Å²) in [5, 5.41) is 0.192. The Labute approximate surface area is 159 Å². The van der Waals surface area contributed by atoms with Crippen molar-refractivity contribution in [3.8, 4) is 5.75 Å². The lowest BCUT2D eigenvalue weighted by Crippen LogP contribution is -2.41. The molecule has 2 aromatic carbocycles. The lowest BCUT2D eigenvalue weighted by atomic mass is 10.2. The van der Waals surface area contributed by atoms with Crippen LogP contribution in [0.1, 0.15) is 11.1 Å². The van der Waals surface area contributed by atoms with E-state index in [0.717, 1.165) is 14.2 Å². The average molecular weight is 401 g/mol. The lowest BCUT2D eigenvalue weighted by Gasteiger charge is -2.25. The van der Waals surface area contributed by atoms with E-state index in [1.165, 1.54) is 32.3 Å². The van der Waals surface area contributed by atoms with Gasteiger partial charge in [-0.15, -0.1) is 0 Å². The summed E-state index contributed by atoms with van der Waals surface area (Å²) < 4.78 is 46.9. The molecule has 0 bridgehead atoms. The van der Waals surface area contributed by atoms with Crippen LogP contribution in [0.5, 0.6) is 5.75 Å². The van der Waals surface area contributed by atoms with Crippen molar-refractivity contribution in [3.63, 3.8) is 0 Å². The molecule has 0 amide bonds. The molecular weight excluding hydrogens is 379 g/mol. The van der Waals surface area contributed by atoms with E-state index in [-0.39, 0.29) is 30.3 Å². The fraction of sp³-hybridized carbons (Fsp3) is 0.333. The highest BCUT2D eigenvalue weighted by Crippen LogP contribution is 2.22. The molecule has 0 atom stereocenters. The van der Waals surface area contributed by atoms with E-state index in [0.29, 0.717) is 5.75 Å². The zero-order valence-electron chi connectivity index (χ0n) is 14.9. The molecule has 8 heteroatoms. The Morgan fingerprint density at radius 2 is 1.81 bits per heavy atom. The molecule has 0 unspecified atom stereocenters. The van der Waals surface area contributed by atoms with E-state index in [1.54, 1.807) is 0 Å². The molecule has 0 spiro atoms. The van der Waals surface area contributed by atoms with Gasteiger partial charge >= 0.3 is 0 Å². The molecule has 0 N–H and O–H groups in total. The van der Waals surface area contributed by atoms with Crippen LogP contribution in [0.4, 0.5) is 4.39 Å². The molecule has 0 heterocycles. The predicted molar refractivity (Wildman–Crippen MR) is 101 cm³/mol. The van der Waals surface area contributed by atoms with Gasteiger partial charge in [-0.25, -0.2) is 4.39 Å². The van der Waals surface area contributed by atoms with Gasteiger partial charge in [0.25, 0.3) is 10.2 Å². The first kappa shape index (κ1) is 20.6. The van der Waals surface area contributed by atoms with Crippen LogP contribution in [0.15, 0.2) is 42.5 Å². The minimum Gasteiger partial charge on any atom is -0.492 e. The Kier molecular flexibility index (Phi) is 7.00. The third-order valence-electron chi connectivity index (χ3n) is 3.89. The molecule has 0 aromatic heterocycles. The smallest absolute Gasteiger partial charge is 0.281 e. The van der Waals surface area contributed by atoms with Crippen molar-refractivity contribution in [2.75, 3.05) is 27.2 Å². The molecule has 0 aliphatic carbocycles. The zero-order chi connectivity index (χ0) is 19.3. The van der Waals surface area contributed by atoms with Crippen LogP contribution < -0.4 is 4.74 Å². The molecule has 5 nitrogen and oxygen atoms in total. The topological polar surface area (TPSA) is 49.9 Å². The monoisotopic (exact) mass is 400 g/mol. The Morgan fingerprint density at radius 1 is 1.12 bits per heavy atom. The minimum absolute atomic E-state index is 0.143. The molecule has 26 heavy (non-hydrogen) atoms. The lowest BCUT2D eigenvalue weighted by molar-refractivity contribution is 0.278. The van der Waals surface area contributed by atoms with Crippen molar-refractivity contribution < 1.29 is 17.5 Å². The van der Waals surface area contributed by atoms with E-state index in [1.807, 2.05) is 31.2 Å². The maximum Gasteiger partial charge on any atom is 0.281 e. The standard InChI is InChI=1S/C18H22ClFN2O3S/c1-14-6-4-7-15(12-14)25-11-10-21(2)26(23,24)22(3)13-16-17(19)8-5-9-18(16)20/h4-9,12H,10-11,13H2,1-3H3. The van der Waals surface area contributed by atoms with E-state index in [2.05, 4.69) is 0 Å². The molecule has 0 aliphatic rings. The Balaban J connectivity index is 1.97. The van der Waals surface area contributed by atoms with Gasteiger partial charge in [0.05, 0.1) is 0 Å². The number of likely N-dealkylation sites (N-methyl/N-ethyl adjacent to an activating group) is 1. The van der Waals surface area contributed by atoms with Gasteiger partial charge in [0, 0.05) is 37.8 Å². The molecule has 2 aromatic rings. The van der Waals surface area contributed by atoms with E-state index in [9.17, 15) is 12.8 Å². The predicted octanol–water partition coefficient (Wildman–Crippen LogP) is 3.47. The fourth-order valence-electron chi connectivity index (χ4n) is 2.34. The van der Waals surface area contributed by atoms with Crippen LogP contribution >= 0.6 is 11.6 Å². The van der Waals surface area contributed by atoms with Gasteiger partial charge < -0.3 is 4.74 Å². The first-order valence-corrected chi connectivity index (χ1v) is 9.79. The maximum absolute atomic E-state index is 13.9. The van der Waals surface area contributed by atoms with Gasteiger partial charge in [0.15, 0.2) is 0 Å². The second-order valence-electron chi connectivity index (χ2n) is 5.95. The van der Waals surface area contributed by atoms with Crippen molar-refractivity contribution >= 4 is 21.8 Å². The largest absolute Gasteiger partial charge is 0.492 e. The van der Waals surface area contributed by atoms with Crippen molar-refractivity contribution in [2.24, 2.45) is 0 Å². The summed E-state index contributed by atoms with van der Waals surface area (Å²) in [6.45, 7) is 2.16. The molecule has 142 valence electrons. The molecular formula is C18H22ClFN2O3S. The highest BCUT2D eigenvalue weighted by Gasteiger charge is 2.25. The van der Waals surface area contributed by atoms with Crippen molar-refractivity contribution in [1.29, 1.82) is 0 Å². The summed E-state index contributed by atoms with van der Waals surface area (Å²) in [5.74, 6) is 0.146. The summed E-state index contributed by atoms with van der Waals surface area (Å²) >= 11 is 5.97. The number of nitrogens with zero attached hydrogens (tertiary/aromatic N) is 2. The number of rotatable bonds is 8. The summed E-state index contributed by atoms with van der Waals surface area (Å²) in [4.78, 5) is 0. The third kappa shape index (κ3) is 5.17. The Bertz CT molecular complexity index is 841. The SMILES string of the molecule is Cc1cccc(OCCN(C)S(=O)(=O)N(C)Cc2c(F)cccc2Cl)c1. The van der Waals surface area contributed by atoms with Gasteiger partial charge in [-0.2, -0.15) is 17.0 Å². The summed E-state index contributed by atoms with van der Waals surface area (Å²) in [6.07, 6.45) is 0. The third-order valence-corrected chi connectivity index (χ3v) is 6.14. The molecule has 2 rings (SSSR count). The highest BCUT2D eigenvalue weighted by atomic mass is 35.5. The normalized spacial score (nSPS) is 12.0. The van der Waals surface area contributed by atoms with Crippen LogP contribution in [-0.4, -0.2) is 44.3 Å². The van der Waals surface area contributed by atoms with Gasteiger partial charge in [-0.1, -0.05) is 29.8 Å². The molecule has 0 saturated heterocycles. The van der Waals surface area contributed by atoms with Crippen LogP contribution in [0, 0.1) is 12.7 Å². The van der Waals surface area contributed by atoms with E-state index in [4.69, 9.17) is 16.3 Å². The van der Waals surface area contributed by atoms with Gasteiger partial charge in [0.2, 0.25) is 0 Å². The van der Waals surface area contributed by atoms with Crippen molar-refractivity contribution in [2.45, 2.75) is 13.5 Å². The number of ether oxygens (including phenoxy) is 1. The highest BCUT2D eigenvalue weighted by molar-refractivity contribution is 7.86. The molecule has 0 fully saturated rings. The van der Waals surface area contributed by atoms with E-state index >= 15 is 0 Å². The molecule has 0 aliphatic heterocycles. The van der Waals surface area contributed by atoms with Gasteiger partial charge in [-0.3, -0.25) is 0 Å². The second-order valence-corrected chi connectivity index (χ2v) is 8.50. The fourth-order valence-corrected chi connectivity index (χ4v) is 3.63. The summed E-state index contributed by atoms with van der Waals surface area (Å²) in [5.41, 5.74) is 1.20. The number of hydrogen-bond donors (Lipinski definition) is 0. The Morgan fingerprint density at radius 3 is 2.46 bits per heavy atom. The summed E-state index contributed by atoms with van der Waals surface area (Å²) in [6, 6.07) is 11.8. The van der Waals surface area contributed by atoms with Crippen LogP contribution in [0.3, 0.4) is 0 Å². The number of halogens is 2. The van der Waals surface area contributed by atoms with Crippen molar-refractivity contribution in [1.82, 2.24) is 8.61 Å². The molecule has 0 radical (unpaired) electrons. The second kappa shape index (κ2) is 8.81. The van der Waals surface area contributed by atoms with Crippen LogP contribution in [0.2, 0.25) is 5.02 Å². The van der Waals surface area contributed by atoms with Gasteiger partial charge in [0.1, 0.15) is 18.2 Å². The summed E-state index contributed by atoms with van der Waals surface area (Å²) in [7, 11) is -0.934. The number of aryl methyl sites for hydroxylation is 1. The number of benzene rings is 2. The number of hydrogen-bond acceptors (Lipinski definition) is 3. The minimum atomic E-state index is -3.77.